The first-order chi connectivity index (χ1) is 10.2. The van der Waals surface area contributed by atoms with Crippen LogP contribution in [0.5, 0.6) is 0 Å². The van der Waals surface area contributed by atoms with Crippen LogP contribution >= 0.6 is 11.6 Å². The van der Waals surface area contributed by atoms with Crippen LogP contribution in [0.25, 0.3) is 11.0 Å². The van der Waals surface area contributed by atoms with Gasteiger partial charge in [-0.1, -0.05) is 23.7 Å². The predicted molar refractivity (Wildman–Crippen MR) is 84.3 cm³/mol. The molecular formula is C16H13ClN4. The van der Waals surface area contributed by atoms with E-state index >= 15 is 0 Å². The average Bonchev–Trinajstić information content (AvgIpc) is 2.91. The Labute approximate surface area is 127 Å². The first kappa shape index (κ1) is 13.5. The fourth-order valence-corrected chi connectivity index (χ4v) is 2.41. The highest BCUT2D eigenvalue weighted by Gasteiger charge is 2.11. The maximum Gasteiger partial charge on any atom is 0.129 e. The monoisotopic (exact) mass is 296 g/mol. The summed E-state index contributed by atoms with van der Waals surface area (Å²) >= 11 is 6.04. The summed E-state index contributed by atoms with van der Waals surface area (Å²) in [5.74, 6) is 0.858. The number of aromatic amines is 1. The minimum absolute atomic E-state index is 0.00130. The summed E-state index contributed by atoms with van der Waals surface area (Å²) in [6.07, 6.45) is 0. The number of H-pyrrole nitrogens is 1. The molecule has 3 aromatic rings. The van der Waals surface area contributed by atoms with Crippen LogP contribution in [0.2, 0.25) is 5.02 Å². The molecule has 0 amide bonds. The first-order valence-corrected chi connectivity index (χ1v) is 6.96. The summed E-state index contributed by atoms with van der Waals surface area (Å²) in [4.78, 5) is 7.86. The molecule has 4 nitrogen and oxygen atoms in total. The minimum atomic E-state index is 0.00130. The second-order valence-corrected chi connectivity index (χ2v) is 5.22. The van der Waals surface area contributed by atoms with E-state index < -0.39 is 0 Å². The third kappa shape index (κ3) is 2.69. The van der Waals surface area contributed by atoms with Crippen LogP contribution in [-0.4, -0.2) is 9.97 Å². The first-order valence-electron chi connectivity index (χ1n) is 6.58. The van der Waals surface area contributed by atoms with Gasteiger partial charge in [0, 0.05) is 5.69 Å². The number of aromatic nitrogens is 2. The molecule has 3 rings (SSSR count). The number of rotatable bonds is 3. The maximum atomic E-state index is 8.88. The summed E-state index contributed by atoms with van der Waals surface area (Å²) in [6.45, 7) is 2.02. The van der Waals surface area contributed by atoms with E-state index in [0.717, 1.165) is 22.5 Å². The standard InChI is InChI=1S/C16H13ClN4/c1-10(16-20-14-4-2-3-5-15(14)21-16)19-12-7-6-11(9-18)13(17)8-12/h2-8,10,19H,1H3,(H,20,21). The zero-order valence-electron chi connectivity index (χ0n) is 11.4. The highest BCUT2D eigenvalue weighted by atomic mass is 35.5. The normalized spacial score (nSPS) is 12.0. The molecule has 104 valence electrons. The van der Waals surface area contributed by atoms with Crippen molar-refractivity contribution in [3.05, 3.63) is 58.9 Å². The molecule has 1 unspecified atom stereocenters. The molecule has 2 aromatic carbocycles. The fourth-order valence-electron chi connectivity index (χ4n) is 2.19. The van der Waals surface area contributed by atoms with Gasteiger partial charge in [0.2, 0.25) is 0 Å². The van der Waals surface area contributed by atoms with Gasteiger partial charge in [0.25, 0.3) is 0 Å². The summed E-state index contributed by atoms with van der Waals surface area (Å²) < 4.78 is 0. The van der Waals surface area contributed by atoms with Crippen molar-refractivity contribution in [1.82, 2.24) is 9.97 Å². The molecule has 1 heterocycles. The zero-order valence-corrected chi connectivity index (χ0v) is 12.1. The molecule has 0 radical (unpaired) electrons. The molecule has 0 aliphatic rings. The zero-order chi connectivity index (χ0) is 14.8. The Kier molecular flexibility index (Phi) is 3.51. The Bertz CT molecular complexity index is 799. The highest BCUT2D eigenvalue weighted by molar-refractivity contribution is 6.32. The molecule has 0 saturated carbocycles. The predicted octanol–water partition coefficient (Wildman–Crippen LogP) is 4.26. The van der Waals surface area contributed by atoms with Crippen LogP contribution in [0.1, 0.15) is 24.4 Å². The smallest absolute Gasteiger partial charge is 0.129 e. The number of anilines is 1. The number of nitrogens with one attached hydrogen (secondary N) is 2. The van der Waals surface area contributed by atoms with Crippen molar-refractivity contribution in [2.24, 2.45) is 0 Å². The van der Waals surface area contributed by atoms with E-state index in [4.69, 9.17) is 16.9 Å². The minimum Gasteiger partial charge on any atom is -0.375 e. The average molecular weight is 297 g/mol. The lowest BCUT2D eigenvalue weighted by Crippen LogP contribution is -2.08. The van der Waals surface area contributed by atoms with E-state index in [0.29, 0.717) is 10.6 Å². The molecule has 0 spiro atoms. The molecule has 0 fully saturated rings. The highest BCUT2D eigenvalue weighted by Crippen LogP contribution is 2.24. The van der Waals surface area contributed by atoms with Gasteiger partial charge in [-0.3, -0.25) is 0 Å². The summed E-state index contributed by atoms with van der Waals surface area (Å²) in [7, 11) is 0. The molecule has 0 aliphatic carbocycles. The number of halogens is 1. The SMILES string of the molecule is CC(Nc1ccc(C#N)c(Cl)c1)c1nc2ccccc2[nH]1. The van der Waals surface area contributed by atoms with Crippen LogP contribution in [0, 0.1) is 11.3 Å². The van der Waals surface area contributed by atoms with E-state index in [1.165, 1.54) is 0 Å². The van der Waals surface area contributed by atoms with Crippen LogP contribution in [0.15, 0.2) is 42.5 Å². The van der Waals surface area contributed by atoms with Gasteiger partial charge in [0.15, 0.2) is 0 Å². The molecule has 5 heteroatoms. The van der Waals surface area contributed by atoms with Crippen LogP contribution in [0.3, 0.4) is 0 Å². The van der Waals surface area contributed by atoms with Gasteiger partial charge in [-0.15, -0.1) is 0 Å². The van der Waals surface area contributed by atoms with Gasteiger partial charge in [-0.05, 0) is 37.3 Å². The quantitative estimate of drug-likeness (QED) is 0.759. The number of imidazole rings is 1. The maximum absolute atomic E-state index is 8.88. The van der Waals surface area contributed by atoms with E-state index in [9.17, 15) is 0 Å². The molecular weight excluding hydrogens is 284 g/mol. The summed E-state index contributed by atoms with van der Waals surface area (Å²) in [5, 5.41) is 12.6. The molecule has 1 atom stereocenters. The van der Waals surface area contributed by atoms with Gasteiger partial charge in [-0.25, -0.2) is 4.98 Å². The Hall–Kier alpha value is -2.51. The number of hydrogen-bond acceptors (Lipinski definition) is 3. The third-order valence-electron chi connectivity index (χ3n) is 3.29. The van der Waals surface area contributed by atoms with Crippen molar-refractivity contribution in [3.63, 3.8) is 0 Å². The Morgan fingerprint density at radius 3 is 2.81 bits per heavy atom. The molecule has 21 heavy (non-hydrogen) atoms. The van der Waals surface area contributed by atoms with Crippen molar-refractivity contribution in [3.8, 4) is 6.07 Å². The molecule has 1 aromatic heterocycles. The summed E-state index contributed by atoms with van der Waals surface area (Å²) in [6, 6.07) is 15.2. The van der Waals surface area contributed by atoms with Gasteiger partial charge in [0.05, 0.1) is 27.7 Å². The lowest BCUT2D eigenvalue weighted by atomic mass is 10.2. The van der Waals surface area contributed by atoms with E-state index in [1.807, 2.05) is 43.3 Å². The molecule has 2 N–H and O–H groups in total. The second kappa shape index (κ2) is 5.47. The Morgan fingerprint density at radius 2 is 2.10 bits per heavy atom. The second-order valence-electron chi connectivity index (χ2n) is 4.81. The molecule has 0 bridgehead atoms. The molecule has 0 aliphatic heterocycles. The number of nitriles is 1. The van der Waals surface area contributed by atoms with Gasteiger partial charge in [-0.2, -0.15) is 5.26 Å². The van der Waals surface area contributed by atoms with Gasteiger partial charge < -0.3 is 10.3 Å². The number of para-hydroxylation sites is 2. The van der Waals surface area contributed by atoms with E-state index in [2.05, 4.69) is 15.3 Å². The largest absolute Gasteiger partial charge is 0.375 e. The van der Waals surface area contributed by atoms with Gasteiger partial charge >= 0.3 is 0 Å². The molecule has 0 saturated heterocycles. The lowest BCUT2D eigenvalue weighted by molar-refractivity contribution is 0.815. The summed E-state index contributed by atoms with van der Waals surface area (Å²) in [5.41, 5.74) is 3.28. The van der Waals surface area contributed by atoms with Crippen molar-refractivity contribution < 1.29 is 0 Å². The Morgan fingerprint density at radius 1 is 1.29 bits per heavy atom. The van der Waals surface area contributed by atoms with Crippen molar-refractivity contribution >= 4 is 28.3 Å². The van der Waals surface area contributed by atoms with Crippen LogP contribution in [0.4, 0.5) is 5.69 Å². The van der Waals surface area contributed by atoms with Gasteiger partial charge in [0.1, 0.15) is 11.9 Å². The van der Waals surface area contributed by atoms with Crippen molar-refractivity contribution in [2.75, 3.05) is 5.32 Å². The van der Waals surface area contributed by atoms with Crippen molar-refractivity contribution in [2.45, 2.75) is 13.0 Å². The number of benzene rings is 2. The van der Waals surface area contributed by atoms with Crippen molar-refractivity contribution in [1.29, 1.82) is 5.26 Å². The van der Waals surface area contributed by atoms with E-state index in [1.54, 1.807) is 12.1 Å². The van der Waals surface area contributed by atoms with Crippen LogP contribution < -0.4 is 5.32 Å². The fraction of sp³-hybridized carbons (Fsp3) is 0.125. The van der Waals surface area contributed by atoms with E-state index in [-0.39, 0.29) is 6.04 Å². The number of fused-ring (bicyclic) bond motifs is 1. The Balaban J connectivity index is 1.84. The number of nitrogens with zero attached hydrogens (tertiary/aromatic N) is 2. The third-order valence-corrected chi connectivity index (χ3v) is 3.60. The topological polar surface area (TPSA) is 64.5 Å². The number of hydrogen-bond donors (Lipinski definition) is 2. The lowest BCUT2D eigenvalue weighted by Gasteiger charge is -2.13. The van der Waals surface area contributed by atoms with Crippen LogP contribution in [-0.2, 0) is 0 Å².